The first kappa shape index (κ1) is 9.60. The minimum atomic E-state index is 0. The molecule has 5 heavy (non-hydrogen) atoms. The quantitative estimate of drug-likeness (QED) is 0.279. The summed E-state index contributed by atoms with van der Waals surface area (Å²) in [6, 6.07) is 0. The van der Waals surface area contributed by atoms with Crippen LogP contribution in [-0.2, 0) is 0 Å². The van der Waals surface area contributed by atoms with E-state index in [1.807, 2.05) is 0 Å². The molecule has 0 aliphatic heterocycles. The van der Waals surface area contributed by atoms with Crippen LogP contribution in [0.5, 0.6) is 0 Å². The van der Waals surface area contributed by atoms with E-state index in [1.165, 1.54) is 6.08 Å². The molecule has 0 amide bonds. The van der Waals surface area contributed by atoms with Crippen LogP contribution in [0.25, 0.3) is 0 Å². The van der Waals surface area contributed by atoms with E-state index in [2.05, 4.69) is 6.58 Å². The molecule has 0 aromatic carbocycles. The molecule has 0 spiro atoms. The molecule has 0 aliphatic rings. The van der Waals surface area contributed by atoms with Crippen LogP contribution >= 0.6 is 0 Å². The fourth-order valence-electron chi connectivity index (χ4n) is 0. The molecule has 0 bridgehead atoms. The Bertz CT molecular complexity index is 24.8. The van der Waals surface area contributed by atoms with Gasteiger partial charge in [0.05, 0.1) is 6.61 Å². The van der Waals surface area contributed by atoms with Gasteiger partial charge in [-0.05, 0) is 0 Å². The second kappa shape index (κ2) is 9.01. The molecule has 0 saturated carbocycles. The van der Waals surface area contributed by atoms with Gasteiger partial charge >= 0.3 is 51.4 Å². The fourth-order valence-corrected chi connectivity index (χ4v) is 0. The molecule has 0 radical (unpaired) electrons. The molecule has 1 nitrogen and oxygen atoms in total. The maximum Gasteiger partial charge on any atom is 1.00 e. The van der Waals surface area contributed by atoms with Crippen molar-refractivity contribution < 1.29 is 57.9 Å². The van der Waals surface area contributed by atoms with Crippen molar-refractivity contribution in [1.29, 1.82) is 0 Å². The Labute approximate surface area is 76.0 Å². The fraction of sp³-hybridized carbons (Fsp3) is 0.333. The van der Waals surface area contributed by atoms with Gasteiger partial charge in [-0.2, -0.15) is 0 Å². The third kappa shape index (κ3) is 10.9. The van der Waals surface area contributed by atoms with Crippen molar-refractivity contribution in [3.8, 4) is 0 Å². The third-order valence-corrected chi connectivity index (χ3v) is 0.129. The summed E-state index contributed by atoms with van der Waals surface area (Å²) in [5, 5.41) is 7.76. The summed E-state index contributed by atoms with van der Waals surface area (Å²) in [5.74, 6) is 0. The van der Waals surface area contributed by atoms with Gasteiger partial charge in [-0.1, -0.05) is 6.08 Å². The number of hydrogen-bond acceptors (Lipinski definition) is 1. The largest absolute Gasteiger partial charge is 1.00 e. The van der Waals surface area contributed by atoms with Crippen molar-refractivity contribution in [3.05, 3.63) is 12.7 Å². The second-order valence-electron chi connectivity index (χ2n) is 0.471. The van der Waals surface area contributed by atoms with E-state index in [-0.39, 0.29) is 59.4 Å². The minimum absolute atomic E-state index is 0. The molecule has 2 heteroatoms. The predicted octanol–water partition coefficient (Wildman–Crippen LogP) is -2.72. The zero-order valence-electron chi connectivity index (χ0n) is 4.44. The number of hydrogen-bond donors (Lipinski definition) is 1. The topological polar surface area (TPSA) is 20.2 Å². The third-order valence-electron chi connectivity index (χ3n) is 0.129. The van der Waals surface area contributed by atoms with Crippen LogP contribution in [0, 0.1) is 0 Å². The van der Waals surface area contributed by atoms with Crippen LogP contribution in [-0.4, -0.2) is 11.7 Å². The van der Waals surface area contributed by atoms with E-state index >= 15 is 0 Å². The molecule has 0 fully saturated rings. The van der Waals surface area contributed by atoms with Gasteiger partial charge in [0.1, 0.15) is 0 Å². The molecule has 0 aromatic rings. The smallest absolute Gasteiger partial charge is 1.00 e. The van der Waals surface area contributed by atoms with Crippen LogP contribution in [0.3, 0.4) is 0 Å². The van der Waals surface area contributed by atoms with E-state index in [0.29, 0.717) is 0 Å². The van der Waals surface area contributed by atoms with Gasteiger partial charge < -0.3 is 6.53 Å². The Morgan fingerprint density at radius 3 is 2.20 bits per heavy atom. The zero-order valence-corrected chi connectivity index (χ0v) is 6.56. The van der Waals surface area contributed by atoms with Crippen molar-refractivity contribution >= 4 is 0 Å². The van der Waals surface area contributed by atoms with Gasteiger partial charge in [-0.3, -0.25) is 0 Å². The molecule has 0 heterocycles. The van der Waals surface area contributed by atoms with Crippen molar-refractivity contribution in [2.75, 3.05) is 6.61 Å². The molecule has 26 valence electrons. The monoisotopic (exact) mass is 98.0 g/mol. The number of aliphatic hydroxyl groups excluding tert-OH is 1. The molecule has 0 atom stereocenters. The maximum atomic E-state index is 7.76. The van der Waals surface area contributed by atoms with Crippen LogP contribution in [0.15, 0.2) is 12.7 Å². The summed E-state index contributed by atoms with van der Waals surface area (Å²) in [4.78, 5) is 0. The Balaban J connectivity index is -0.0000000450. The van der Waals surface area contributed by atoms with Gasteiger partial charge in [0.15, 0.2) is 0 Å². The van der Waals surface area contributed by atoms with Gasteiger partial charge in [0, 0.05) is 0 Å². The Morgan fingerprint density at radius 1 is 2.00 bits per heavy atom. The Hall–Kier alpha value is 1.34. The average Bonchev–Trinajstić information content (AvgIpc) is 1.37. The van der Waals surface area contributed by atoms with Crippen LogP contribution in [0.2, 0.25) is 0 Å². The first-order chi connectivity index (χ1) is 1.91. The molecule has 0 aromatic heterocycles. The van der Waals surface area contributed by atoms with Crippen molar-refractivity contribution in [2.45, 2.75) is 0 Å². The molecular weight excluding hydrogens is 91.1 g/mol. The second-order valence-corrected chi connectivity index (χ2v) is 0.471. The first-order valence-electron chi connectivity index (χ1n) is 1.13. The summed E-state index contributed by atoms with van der Waals surface area (Å²) < 4.78 is 0. The molecule has 0 rings (SSSR count). The summed E-state index contributed by atoms with van der Waals surface area (Å²) in [7, 11) is 0. The van der Waals surface area contributed by atoms with E-state index < -0.39 is 0 Å². The van der Waals surface area contributed by atoms with Crippen LogP contribution in [0.4, 0.5) is 0 Å². The first-order valence-corrected chi connectivity index (χ1v) is 1.13. The number of aliphatic hydroxyl groups is 1. The SMILES string of the molecule is C=CCO.[H-].[K+]. The standard InChI is InChI=1S/C3H6O.K.H/c1-2-3-4;;/h2,4H,1,3H2;;/q;+1;-1. The Kier molecular flexibility index (Phi) is 17.3. The van der Waals surface area contributed by atoms with Crippen molar-refractivity contribution in [3.63, 3.8) is 0 Å². The van der Waals surface area contributed by atoms with Crippen LogP contribution in [0.1, 0.15) is 1.43 Å². The van der Waals surface area contributed by atoms with Crippen LogP contribution < -0.4 is 51.4 Å². The molecule has 0 unspecified atom stereocenters. The number of rotatable bonds is 1. The normalized spacial score (nSPS) is 5.00. The van der Waals surface area contributed by atoms with Gasteiger partial charge in [-0.15, -0.1) is 6.58 Å². The summed E-state index contributed by atoms with van der Waals surface area (Å²) in [5.41, 5.74) is 0. The summed E-state index contributed by atoms with van der Waals surface area (Å²) >= 11 is 0. The van der Waals surface area contributed by atoms with Crippen molar-refractivity contribution in [1.82, 2.24) is 0 Å². The molecule has 1 N–H and O–H groups in total. The average molecular weight is 98.2 g/mol. The predicted molar refractivity (Wildman–Crippen MR) is 18.4 cm³/mol. The summed E-state index contributed by atoms with van der Waals surface area (Å²) in [6.07, 6.45) is 1.43. The van der Waals surface area contributed by atoms with Gasteiger partial charge in [0.25, 0.3) is 0 Å². The van der Waals surface area contributed by atoms with E-state index in [0.717, 1.165) is 0 Å². The molecular formula is C3H7KO. The maximum absolute atomic E-state index is 7.76. The summed E-state index contributed by atoms with van der Waals surface area (Å²) in [6.45, 7) is 3.31. The zero-order chi connectivity index (χ0) is 3.41. The van der Waals surface area contributed by atoms with Gasteiger partial charge in [0.2, 0.25) is 0 Å². The minimum Gasteiger partial charge on any atom is -1.00 e. The van der Waals surface area contributed by atoms with E-state index in [1.54, 1.807) is 0 Å². The Morgan fingerprint density at radius 2 is 2.20 bits per heavy atom. The van der Waals surface area contributed by atoms with E-state index in [4.69, 9.17) is 5.11 Å². The van der Waals surface area contributed by atoms with Gasteiger partial charge in [-0.25, -0.2) is 0 Å². The molecule has 0 saturated heterocycles. The van der Waals surface area contributed by atoms with Crippen molar-refractivity contribution in [2.24, 2.45) is 0 Å². The van der Waals surface area contributed by atoms with E-state index in [9.17, 15) is 0 Å². The molecule has 0 aliphatic carbocycles.